The number of carbonyl (C=O) groups excluding carboxylic acids is 2. The van der Waals surface area contributed by atoms with E-state index >= 15 is 0 Å². The van der Waals surface area contributed by atoms with Crippen LogP contribution in [0.15, 0.2) is 67.0 Å². The molecule has 0 radical (unpaired) electrons. The molecule has 1 aliphatic carbocycles. The first-order chi connectivity index (χ1) is 18.4. The van der Waals surface area contributed by atoms with Gasteiger partial charge in [0.25, 0.3) is 5.91 Å². The number of aromatic amines is 2. The van der Waals surface area contributed by atoms with Crippen LogP contribution in [0.3, 0.4) is 0 Å². The van der Waals surface area contributed by atoms with Crippen LogP contribution in [0.5, 0.6) is 0 Å². The van der Waals surface area contributed by atoms with Crippen molar-refractivity contribution in [1.29, 1.82) is 0 Å². The molecule has 5 rings (SSSR count). The predicted molar refractivity (Wildman–Crippen MR) is 150 cm³/mol. The highest BCUT2D eigenvalue weighted by atomic mass is 16.5. The molecule has 0 saturated heterocycles. The third-order valence-electron chi connectivity index (χ3n) is 7.38. The van der Waals surface area contributed by atoms with E-state index in [4.69, 9.17) is 4.74 Å². The first-order valence-corrected chi connectivity index (χ1v) is 13.0. The zero-order valence-corrected chi connectivity index (χ0v) is 22.2. The highest BCUT2D eigenvalue weighted by Gasteiger charge is 2.28. The van der Waals surface area contributed by atoms with Crippen LogP contribution in [-0.4, -0.2) is 59.4 Å². The Bertz CT molecular complexity index is 1480. The standard InChI is InChI=1S/C31H34N4O3/c1-34(2)31(37)28-17-22(18-32-28)20-35(15-14-24-19-33-27-7-5-4-6-25(24)27)29-12-10-23-16-21(8-11-26(23)29)9-13-30(36)38-3/h4-9,11,13,16-19,29,32-33H,10,12,14-15,20H2,1-3H3. The van der Waals surface area contributed by atoms with Gasteiger partial charge in [0.2, 0.25) is 0 Å². The van der Waals surface area contributed by atoms with E-state index < -0.39 is 0 Å². The number of aromatic nitrogens is 2. The van der Waals surface area contributed by atoms with Gasteiger partial charge in [-0.3, -0.25) is 9.69 Å². The molecular formula is C31H34N4O3. The van der Waals surface area contributed by atoms with Crippen molar-refractivity contribution in [2.75, 3.05) is 27.7 Å². The van der Waals surface area contributed by atoms with Gasteiger partial charge in [-0.25, -0.2) is 4.79 Å². The quantitative estimate of drug-likeness (QED) is 0.242. The lowest BCUT2D eigenvalue weighted by Crippen LogP contribution is -2.29. The molecule has 0 saturated carbocycles. The number of carbonyl (C=O) groups is 2. The van der Waals surface area contributed by atoms with E-state index in [-0.39, 0.29) is 17.9 Å². The number of para-hydroxylation sites is 1. The third-order valence-corrected chi connectivity index (χ3v) is 7.38. The average Bonchev–Trinajstić information content (AvgIpc) is 3.67. The van der Waals surface area contributed by atoms with Gasteiger partial charge in [-0.1, -0.05) is 36.4 Å². The fraction of sp³-hybridized carbons (Fsp3) is 0.290. The second-order valence-electron chi connectivity index (χ2n) is 10.1. The molecule has 0 aliphatic heterocycles. The van der Waals surface area contributed by atoms with Gasteiger partial charge >= 0.3 is 5.97 Å². The first kappa shape index (κ1) is 25.5. The maximum Gasteiger partial charge on any atom is 0.330 e. The highest BCUT2D eigenvalue weighted by Crippen LogP contribution is 2.37. The van der Waals surface area contributed by atoms with Crippen molar-refractivity contribution in [3.63, 3.8) is 0 Å². The van der Waals surface area contributed by atoms with E-state index in [1.165, 1.54) is 35.3 Å². The lowest BCUT2D eigenvalue weighted by atomic mass is 10.0. The smallest absolute Gasteiger partial charge is 0.330 e. The number of esters is 1. The van der Waals surface area contributed by atoms with Crippen LogP contribution >= 0.6 is 0 Å². The Morgan fingerprint density at radius 3 is 2.74 bits per heavy atom. The summed E-state index contributed by atoms with van der Waals surface area (Å²) in [6.45, 7) is 1.63. The maximum absolute atomic E-state index is 12.5. The summed E-state index contributed by atoms with van der Waals surface area (Å²) in [5.74, 6) is -0.384. The molecule has 0 bridgehead atoms. The normalized spacial score (nSPS) is 14.9. The van der Waals surface area contributed by atoms with E-state index in [2.05, 4.69) is 63.5 Å². The summed E-state index contributed by atoms with van der Waals surface area (Å²) in [6, 6.07) is 17.1. The fourth-order valence-corrected chi connectivity index (χ4v) is 5.41. The van der Waals surface area contributed by atoms with E-state index in [1.54, 1.807) is 25.1 Å². The van der Waals surface area contributed by atoms with Crippen LogP contribution < -0.4 is 0 Å². The number of aryl methyl sites for hydroxylation is 1. The number of rotatable bonds is 9. The Hall–Kier alpha value is -4.10. The van der Waals surface area contributed by atoms with Crippen molar-refractivity contribution in [3.05, 3.63) is 101 Å². The first-order valence-electron chi connectivity index (χ1n) is 13.0. The van der Waals surface area contributed by atoms with Gasteiger partial charge in [-0.15, -0.1) is 0 Å². The monoisotopic (exact) mass is 510 g/mol. The van der Waals surface area contributed by atoms with Gasteiger partial charge in [0.1, 0.15) is 5.69 Å². The largest absolute Gasteiger partial charge is 0.466 e. The van der Waals surface area contributed by atoms with Crippen LogP contribution in [0.2, 0.25) is 0 Å². The SMILES string of the molecule is COC(=O)C=Cc1ccc2c(c1)CCC2N(CCc1c[nH]c2ccccc12)Cc1c[nH]c(C(=O)N(C)C)c1. The molecule has 1 amide bonds. The molecule has 0 fully saturated rings. The van der Waals surface area contributed by atoms with Gasteiger partial charge in [0.05, 0.1) is 7.11 Å². The Labute approximate surface area is 223 Å². The van der Waals surface area contributed by atoms with Crippen LogP contribution in [0.1, 0.15) is 50.8 Å². The van der Waals surface area contributed by atoms with Gasteiger partial charge in [-0.2, -0.15) is 0 Å². The summed E-state index contributed by atoms with van der Waals surface area (Å²) in [5.41, 5.74) is 7.82. The third kappa shape index (κ3) is 5.43. The minimum atomic E-state index is -0.356. The number of hydrogen-bond acceptors (Lipinski definition) is 4. The van der Waals surface area contributed by atoms with Gasteiger partial charge in [-0.05, 0) is 65.3 Å². The number of nitrogens with one attached hydrogen (secondary N) is 2. The van der Waals surface area contributed by atoms with E-state index in [0.29, 0.717) is 5.69 Å². The molecular weight excluding hydrogens is 476 g/mol. The molecule has 2 N–H and O–H groups in total. The Balaban J connectivity index is 1.40. The molecule has 38 heavy (non-hydrogen) atoms. The number of methoxy groups -OCH3 is 1. The summed E-state index contributed by atoms with van der Waals surface area (Å²) >= 11 is 0. The average molecular weight is 511 g/mol. The number of H-pyrrole nitrogens is 2. The van der Waals surface area contributed by atoms with Gasteiger partial charge in [0.15, 0.2) is 0 Å². The van der Waals surface area contributed by atoms with Crippen molar-refractivity contribution in [2.24, 2.45) is 0 Å². The molecule has 4 aromatic rings. The minimum absolute atomic E-state index is 0.0275. The molecule has 1 unspecified atom stereocenters. The van der Waals surface area contributed by atoms with Gasteiger partial charge < -0.3 is 19.6 Å². The Kier molecular flexibility index (Phi) is 7.47. The molecule has 196 valence electrons. The van der Waals surface area contributed by atoms with E-state index in [9.17, 15) is 9.59 Å². The lowest BCUT2D eigenvalue weighted by molar-refractivity contribution is -0.134. The number of amides is 1. The molecule has 7 nitrogen and oxygen atoms in total. The lowest BCUT2D eigenvalue weighted by Gasteiger charge is -2.29. The second-order valence-corrected chi connectivity index (χ2v) is 10.1. The highest BCUT2D eigenvalue weighted by molar-refractivity contribution is 5.92. The zero-order chi connectivity index (χ0) is 26.6. The number of nitrogens with zero attached hydrogens (tertiary/aromatic N) is 2. The van der Waals surface area contributed by atoms with E-state index in [1.807, 2.05) is 12.3 Å². The van der Waals surface area contributed by atoms with Crippen LogP contribution in [0, 0.1) is 0 Å². The van der Waals surface area contributed by atoms with Crippen molar-refractivity contribution in [2.45, 2.75) is 31.8 Å². The zero-order valence-electron chi connectivity index (χ0n) is 22.2. The summed E-state index contributed by atoms with van der Waals surface area (Å²) in [6.07, 6.45) is 10.3. The summed E-state index contributed by atoms with van der Waals surface area (Å²) < 4.78 is 4.72. The number of ether oxygens (including phenoxy) is 1. The summed E-state index contributed by atoms with van der Waals surface area (Å²) in [7, 11) is 4.91. The molecule has 2 aromatic carbocycles. The molecule has 0 spiro atoms. The van der Waals surface area contributed by atoms with Gasteiger partial charge in [0, 0.05) is 62.6 Å². The Morgan fingerprint density at radius 2 is 1.92 bits per heavy atom. The summed E-state index contributed by atoms with van der Waals surface area (Å²) in [5, 5.41) is 1.27. The van der Waals surface area contributed by atoms with Crippen molar-refractivity contribution < 1.29 is 14.3 Å². The second kappa shape index (κ2) is 11.1. The molecule has 7 heteroatoms. The van der Waals surface area contributed by atoms with Crippen LogP contribution in [-0.2, 0) is 28.9 Å². The summed E-state index contributed by atoms with van der Waals surface area (Å²) in [4.78, 5) is 34.7. The van der Waals surface area contributed by atoms with Crippen LogP contribution in [0.25, 0.3) is 17.0 Å². The topological polar surface area (TPSA) is 81.4 Å². The molecule has 1 aliphatic rings. The predicted octanol–water partition coefficient (Wildman–Crippen LogP) is 5.12. The molecule has 2 heterocycles. The maximum atomic E-state index is 12.5. The minimum Gasteiger partial charge on any atom is -0.466 e. The number of benzene rings is 2. The van der Waals surface area contributed by atoms with Crippen molar-refractivity contribution in [1.82, 2.24) is 19.8 Å². The number of fused-ring (bicyclic) bond motifs is 2. The van der Waals surface area contributed by atoms with Crippen LogP contribution in [0.4, 0.5) is 0 Å². The molecule has 1 atom stereocenters. The fourth-order valence-electron chi connectivity index (χ4n) is 5.41. The Morgan fingerprint density at radius 1 is 1.08 bits per heavy atom. The molecule has 2 aromatic heterocycles. The van der Waals surface area contributed by atoms with E-state index in [0.717, 1.165) is 49.0 Å². The van der Waals surface area contributed by atoms with Crippen molar-refractivity contribution >= 4 is 28.9 Å². The van der Waals surface area contributed by atoms with Crippen molar-refractivity contribution in [3.8, 4) is 0 Å². The number of hydrogen-bond donors (Lipinski definition) is 2.